The predicted molar refractivity (Wildman–Crippen MR) is 188 cm³/mol. The highest BCUT2D eigenvalue weighted by atomic mass is 32.1. The second-order valence-electron chi connectivity index (χ2n) is 11.6. The Morgan fingerprint density at radius 2 is 1.07 bits per heavy atom. The molecule has 0 nitrogen and oxygen atoms in total. The summed E-state index contributed by atoms with van der Waals surface area (Å²) in [5, 5.41) is 10.6. The van der Waals surface area contributed by atoms with Gasteiger partial charge in [0.15, 0.2) is 0 Å². The van der Waals surface area contributed by atoms with Crippen molar-refractivity contribution < 1.29 is 0 Å². The van der Waals surface area contributed by atoms with E-state index in [-0.39, 0.29) is 0 Å². The third kappa shape index (κ3) is 3.89. The SMILES string of the molecule is C1=CC(c2cccc3c2sc2c(-c4ccc5c6ccccc6c6ccccc6c5c4)cccc23)CC=C1c1ccccc1. The van der Waals surface area contributed by atoms with E-state index in [0.717, 1.165) is 6.42 Å². The Labute approximate surface area is 254 Å². The predicted octanol–water partition coefficient (Wildman–Crippen LogP) is 12.3. The molecule has 1 aromatic heterocycles. The first-order chi connectivity index (χ1) is 21.3. The van der Waals surface area contributed by atoms with E-state index in [1.807, 2.05) is 11.3 Å². The molecule has 0 aliphatic heterocycles. The van der Waals surface area contributed by atoms with E-state index in [4.69, 9.17) is 0 Å². The van der Waals surface area contributed by atoms with Crippen LogP contribution < -0.4 is 0 Å². The van der Waals surface area contributed by atoms with Crippen molar-refractivity contribution in [2.75, 3.05) is 0 Å². The van der Waals surface area contributed by atoms with E-state index < -0.39 is 0 Å². The molecule has 0 radical (unpaired) electrons. The number of thiophene rings is 1. The van der Waals surface area contributed by atoms with Crippen LogP contribution in [0.3, 0.4) is 0 Å². The molecule has 1 aliphatic rings. The zero-order valence-corrected chi connectivity index (χ0v) is 24.4. The van der Waals surface area contributed by atoms with Gasteiger partial charge in [-0.1, -0.05) is 146 Å². The number of fused-ring (bicyclic) bond motifs is 9. The van der Waals surface area contributed by atoms with Gasteiger partial charge in [-0.2, -0.15) is 0 Å². The number of allylic oxidation sites excluding steroid dienone is 4. The molecule has 9 rings (SSSR count). The average Bonchev–Trinajstić information content (AvgIpc) is 3.48. The molecule has 0 N–H and O–H groups in total. The molecule has 0 amide bonds. The minimum Gasteiger partial charge on any atom is -0.134 e. The number of rotatable bonds is 3. The van der Waals surface area contributed by atoms with Crippen LogP contribution in [0.4, 0.5) is 0 Å². The van der Waals surface area contributed by atoms with Gasteiger partial charge in [0.05, 0.1) is 0 Å². The smallest absolute Gasteiger partial charge is 0.0433 e. The maximum Gasteiger partial charge on any atom is 0.0433 e. The maximum absolute atomic E-state index is 2.42. The maximum atomic E-state index is 2.42. The van der Waals surface area contributed by atoms with Crippen LogP contribution in [0.5, 0.6) is 0 Å². The van der Waals surface area contributed by atoms with Crippen LogP contribution in [0.15, 0.2) is 152 Å². The molecule has 0 bridgehead atoms. The molecule has 0 saturated heterocycles. The first-order valence-electron chi connectivity index (χ1n) is 15.0. The highest BCUT2D eigenvalue weighted by Crippen LogP contribution is 2.45. The fraction of sp³-hybridized carbons (Fsp3) is 0.0476. The molecule has 202 valence electrons. The van der Waals surface area contributed by atoms with Crippen LogP contribution in [0.25, 0.3) is 69.2 Å². The van der Waals surface area contributed by atoms with Gasteiger partial charge in [-0.3, -0.25) is 0 Å². The Bertz CT molecular complexity index is 2380. The lowest BCUT2D eigenvalue weighted by atomic mass is 9.87. The lowest BCUT2D eigenvalue weighted by Crippen LogP contribution is -1.98. The van der Waals surface area contributed by atoms with Gasteiger partial charge in [-0.25, -0.2) is 0 Å². The molecule has 1 atom stereocenters. The van der Waals surface area contributed by atoms with Crippen molar-refractivity contribution in [1.82, 2.24) is 0 Å². The van der Waals surface area contributed by atoms with Crippen LogP contribution in [0.1, 0.15) is 23.5 Å². The third-order valence-corrected chi connectivity index (χ3v) is 10.5. The summed E-state index contributed by atoms with van der Waals surface area (Å²) in [7, 11) is 0. The van der Waals surface area contributed by atoms with Crippen molar-refractivity contribution in [1.29, 1.82) is 0 Å². The van der Waals surface area contributed by atoms with E-state index in [0.29, 0.717) is 5.92 Å². The van der Waals surface area contributed by atoms with E-state index in [9.17, 15) is 0 Å². The van der Waals surface area contributed by atoms with Crippen molar-refractivity contribution in [3.05, 3.63) is 163 Å². The van der Waals surface area contributed by atoms with E-state index in [1.54, 1.807) is 0 Å². The quantitative estimate of drug-likeness (QED) is 0.187. The Morgan fingerprint density at radius 3 is 1.77 bits per heavy atom. The van der Waals surface area contributed by atoms with Gasteiger partial charge in [0, 0.05) is 26.1 Å². The molecule has 0 fully saturated rings. The molecule has 0 spiro atoms. The Morgan fingerprint density at radius 1 is 0.465 bits per heavy atom. The Hall–Kier alpha value is -4.98. The summed E-state index contributed by atoms with van der Waals surface area (Å²) < 4.78 is 2.78. The molecule has 1 aliphatic carbocycles. The van der Waals surface area contributed by atoms with Gasteiger partial charge < -0.3 is 0 Å². The van der Waals surface area contributed by atoms with Crippen molar-refractivity contribution in [3.63, 3.8) is 0 Å². The van der Waals surface area contributed by atoms with Crippen LogP contribution in [0.2, 0.25) is 0 Å². The van der Waals surface area contributed by atoms with E-state index in [1.165, 1.54) is 80.3 Å². The Kier molecular flexibility index (Phi) is 5.61. The van der Waals surface area contributed by atoms with E-state index >= 15 is 0 Å². The summed E-state index contributed by atoms with van der Waals surface area (Å²) in [4.78, 5) is 0. The van der Waals surface area contributed by atoms with Crippen LogP contribution in [-0.4, -0.2) is 0 Å². The standard InChI is InChI=1S/C42H28S/c1-2-10-27(11-3-1)28-20-22-29(23-21-28)31-16-8-18-38-39-19-9-17-32(42(39)43-41(31)38)30-24-25-37-35-14-5-4-12-33(35)34-13-6-7-15-36(34)40(37)26-30/h1-22,24-26,29H,23H2. The van der Waals surface area contributed by atoms with Crippen molar-refractivity contribution in [2.24, 2.45) is 0 Å². The zero-order chi connectivity index (χ0) is 28.3. The molecular formula is C42H28S. The normalized spacial score (nSPS) is 15.2. The van der Waals surface area contributed by atoms with Crippen LogP contribution >= 0.6 is 11.3 Å². The zero-order valence-electron chi connectivity index (χ0n) is 23.6. The van der Waals surface area contributed by atoms with Gasteiger partial charge in [-0.05, 0) is 72.6 Å². The Balaban J connectivity index is 1.20. The summed E-state index contributed by atoms with van der Waals surface area (Å²) in [5.41, 5.74) is 6.63. The first-order valence-corrected chi connectivity index (χ1v) is 15.9. The second kappa shape index (κ2) is 9.80. The molecule has 8 aromatic rings. The number of hydrogen-bond acceptors (Lipinski definition) is 1. The van der Waals surface area contributed by atoms with Crippen LogP contribution in [0, 0.1) is 0 Å². The van der Waals surface area contributed by atoms with Gasteiger partial charge in [-0.15, -0.1) is 11.3 Å². The molecular weight excluding hydrogens is 537 g/mol. The van der Waals surface area contributed by atoms with Crippen molar-refractivity contribution >= 4 is 69.4 Å². The monoisotopic (exact) mass is 564 g/mol. The summed E-state index contributed by atoms with van der Waals surface area (Å²) in [5.74, 6) is 0.382. The minimum absolute atomic E-state index is 0.382. The van der Waals surface area contributed by atoms with Gasteiger partial charge in [0.1, 0.15) is 0 Å². The molecule has 1 heteroatoms. The topological polar surface area (TPSA) is 0 Å². The minimum atomic E-state index is 0.382. The average molecular weight is 565 g/mol. The fourth-order valence-electron chi connectivity index (χ4n) is 7.13. The highest BCUT2D eigenvalue weighted by Gasteiger charge is 2.19. The highest BCUT2D eigenvalue weighted by molar-refractivity contribution is 7.26. The summed E-state index contributed by atoms with van der Waals surface area (Å²) >= 11 is 1.96. The molecule has 1 heterocycles. The lowest BCUT2D eigenvalue weighted by molar-refractivity contribution is 0.866. The van der Waals surface area contributed by atoms with Gasteiger partial charge in [0.25, 0.3) is 0 Å². The number of benzene rings is 7. The fourth-order valence-corrected chi connectivity index (χ4v) is 8.55. The lowest BCUT2D eigenvalue weighted by Gasteiger charge is -2.17. The second-order valence-corrected chi connectivity index (χ2v) is 12.6. The van der Waals surface area contributed by atoms with Gasteiger partial charge in [0.2, 0.25) is 0 Å². The van der Waals surface area contributed by atoms with Gasteiger partial charge >= 0.3 is 0 Å². The largest absolute Gasteiger partial charge is 0.134 e. The molecule has 7 aromatic carbocycles. The summed E-state index contributed by atoms with van der Waals surface area (Å²) in [6, 6.07) is 49.2. The summed E-state index contributed by atoms with van der Waals surface area (Å²) in [6.07, 6.45) is 8.14. The molecule has 1 unspecified atom stereocenters. The van der Waals surface area contributed by atoms with E-state index in [2.05, 4.69) is 152 Å². The summed E-state index contributed by atoms with van der Waals surface area (Å²) in [6.45, 7) is 0. The number of hydrogen-bond donors (Lipinski definition) is 0. The first kappa shape index (κ1) is 24.6. The molecule has 0 saturated carbocycles. The van der Waals surface area contributed by atoms with Crippen molar-refractivity contribution in [3.8, 4) is 11.1 Å². The third-order valence-electron chi connectivity index (χ3n) is 9.22. The van der Waals surface area contributed by atoms with Crippen LogP contribution in [-0.2, 0) is 0 Å². The molecule has 43 heavy (non-hydrogen) atoms. The van der Waals surface area contributed by atoms with Crippen molar-refractivity contribution in [2.45, 2.75) is 12.3 Å².